The van der Waals surface area contributed by atoms with E-state index in [9.17, 15) is 0 Å². The number of rotatable bonds is 5. The molecular weight excluding hydrogens is 248 g/mol. The maximum absolute atomic E-state index is 5.82. The van der Waals surface area contributed by atoms with E-state index in [1.54, 1.807) is 0 Å². The Hall–Kier alpha value is -0.900. The lowest BCUT2D eigenvalue weighted by Gasteiger charge is -2.37. The molecule has 20 heavy (non-hydrogen) atoms. The van der Waals surface area contributed by atoms with Crippen molar-refractivity contribution in [2.24, 2.45) is 0 Å². The molecule has 0 aromatic heterocycles. The van der Waals surface area contributed by atoms with Gasteiger partial charge in [-0.05, 0) is 32.9 Å². The van der Waals surface area contributed by atoms with E-state index in [0.29, 0.717) is 18.2 Å². The second-order valence-electron chi connectivity index (χ2n) is 6.00. The lowest BCUT2D eigenvalue weighted by atomic mass is 10.0. The zero-order valence-corrected chi connectivity index (χ0v) is 13.2. The van der Waals surface area contributed by atoms with Crippen molar-refractivity contribution in [2.45, 2.75) is 45.9 Å². The number of hydrogen-bond donors (Lipinski definition) is 1. The molecule has 3 heteroatoms. The highest BCUT2D eigenvalue weighted by Crippen LogP contribution is 2.18. The summed E-state index contributed by atoms with van der Waals surface area (Å²) in [7, 11) is 0. The standard InChI is InChI=1S/C17H28N2O/c1-5-18-17(16-8-6-13(2)7-9-16)12-19-10-14(3)20-15(4)11-19/h6-9,14-15,17-18H,5,10-12H2,1-4H3. The zero-order valence-electron chi connectivity index (χ0n) is 13.2. The minimum absolute atomic E-state index is 0.332. The average Bonchev–Trinajstić information content (AvgIpc) is 2.38. The van der Waals surface area contributed by atoms with Crippen molar-refractivity contribution in [3.63, 3.8) is 0 Å². The van der Waals surface area contributed by atoms with E-state index >= 15 is 0 Å². The third-order valence-electron chi connectivity index (χ3n) is 3.87. The van der Waals surface area contributed by atoms with Gasteiger partial charge in [-0.15, -0.1) is 0 Å². The van der Waals surface area contributed by atoms with Gasteiger partial charge in [0.15, 0.2) is 0 Å². The van der Waals surface area contributed by atoms with Gasteiger partial charge in [0.2, 0.25) is 0 Å². The average molecular weight is 276 g/mol. The van der Waals surface area contributed by atoms with Gasteiger partial charge in [-0.1, -0.05) is 36.8 Å². The predicted molar refractivity (Wildman–Crippen MR) is 84.0 cm³/mol. The molecule has 1 aromatic rings. The summed E-state index contributed by atoms with van der Waals surface area (Å²) in [5.74, 6) is 0. The van der Waals surface area contributed by atoms with Crippen LogP contribution in [-0.2, 0) is 4.74 Å². The number of likely N-dealkylation sites (N-methyl/N-ethyl adjacent to an activating group) is 1. The van der Waals surface area contributed by atoms with Crippen LogP contribution in [0.5, 0.6) is 0 Å². The highest BCUT2D eigenvalue weighted by Gasteiger charge is 2.24. The summed E-state index contributed by atoms with van der Waals surface area (Å²) in [6, 6.07) is 9.29. The molecule has 1 saturated heterocycles. The summed E-state index contributed by atoms with van der Waals surface area (Å²) in [6.07, 6.45) is 0.665. The lowest BCUT2D eigenvalue weighted by Crippen LogP contribution is -2.48. The summed E-state index contributed by atoms with van der Waals surface area (Å²) in [6.45, 7) is 12.7. The van der Waals surface area contributed by atoms with Gasteiger partial charge in [-0.25, -0.2) is 0 Å². The molecule has 3 nitrogen and oxygen atoms in total. The van der Waals surface area contributed by atoms with Gasteiger partial charge in [0.25, 0.3) is 0 Å². The van der Waals surface area contributed by atoms with Gasteiger partial charge in [0.1, 0.15) is 0 Å². The number of morpholine rings is 1. The number of benzene rings is 1. The van der Waals surface area contributed by atoms with Gasteiger partial charge >= 0.3 is 0 Å². The molecule has 0 amide bonds. The van der Waals surface area contributed by atoms with E-state index < -0.39 is 0 Å². The Morgan fingerprint density at radius 3 is 2.35 bits per heavy atom. The Kier molecular flexibility index (Phi) is 5.58. The van der Waals surface area contributed by atoms with Crippen LogP contribution >= 0.6 is 0 Å². The molecule has 0 spiro atoms. The van der Waals surface area contributed by atoms with Crippen LogP contribution in [0, 0.1) is 6.92 Å². The fourth-order valence-electron chi connectivity index (χ4n) is 3.02. The first kappa shape index (κ1) is 15.5. The second-order valence-corrected chi connectivity index (χ2v) is 6.00. The Balaban J connectivity index is 2.03. The van der Waals surface area contributed by atoms with Crippen LogP contribution in [0.1, 0.15) is 37.9 Å². The molecule has 2 rings (SSSR count). The Morgan fingerprint density at radius 1 is 1.20 bits per heavy atom. The van der Waals surface area contributed by atoms with Crippen LogP contribution < -0.4 is 5.32 Å². The maximum Gasteiger partial charge on any atom is 0.0678 e. The molecule has 3 unspecified atom stereocenters. The van der Waals surface area contributed by atoms with Crippen molar-refractivity contribution in [3.05, 3.63) is 35.4 Å². The first-order valence-electron chi connectivity index (χ1n) is 7.76. The largest absolute Gasteiger partial charge is 0.373 e. The molecular formula is C17H28N2O. The topological polar surface area (TPSA) is 24.5 Å². The van der Waals surface area contributed by atoms with Gasteiger partial charge in [-0.2, -0.15) is 0 Å². The van der Waals surface area contributed by atoms with E-state index in [1.807, 2.05) is 0 Å². The molecule has 1 aliphatic heterocycles. The second kappa shape index (κ2) is 7.21. The highest BCUT2D eigenvalue weighted by molar-refractivity contribution is 5.24. The van der Waals surface area contributed by atoms with Crippen LogP contribution in [0.2, 0.25) is 0 Å². The number of nitrogens with zero attached hydrogens (tertiary/aromatic N) is 1. The van der Waals surface area contributed by atoms with E-state index in [4.69, 9.17) is 4.74 Å². The predicted octanol–water partition coefficient (Wildman–Crippen LogP) is 2.75. The minimum Gasteiger partial charge on any atom is -0.373 e. The van der Waals surface area contributed by atoms with Crippen LogP contribution in [-0.4, -0.2) is 43.3 Å². The quantitative estimate of drug-likeness (QED) is 0.895. The molecule has 0 saturated carbocycles. The van der Waals surface area contributed by atoms with E-state index in [1.165, 1.54) is 11.1 Å². The van der Waals surface area contributed by atoms with Crippen molar-refractivity contribution in [2.75, 3.05) is 26.2 Å². The van der Waals surface area contributed by atoms with Gasteiger partial charge in [-0.3, -0.25) is 4.90 Å². The zero-order chi connectivity index (χ0) is 14.5. The van der Waals surface area contributed by atoms with Gasteiger partial charge in [0.05, 0.1) is 12.2 Å². The number of aryl methyl sites for hydroxylation is 1. The van der Waals surface area contributed by atoms with Crippen molar-refractivity contribution in [1.29, 1.82) is 0 Å². The van der Waals surface area contributed by atoms with Gasteiger partial charge in [0, 0.05) is 25.7 Å². The minimum atomic E-state index is 0.332. The summed E-state index contributed by atoms with van der Waals surface area (Å²) in [4.78, 5) is 2.52. The monoisotopic (exact) mass is 276 g/mol. The number of ether oxygens (including phenoxy) is 1. The van der Waals surface area contributed by atoms with E-state index in [2.05, 4.69) is 62.2 Å². The molecule has 0 aliphatic carbocycles. The third-order valence-corrected chi connectivity index (χ3v) is 3.87. The summed E-state index contributed by atoms with van der Waals surface area (Å²) in [5, 5.41) is 3.61. The first-order chi connectivity index (χ1) is 9.58. The first-order valence-corrected chi connectivity index (χ1v) is 7.76. The van der Waals surface area contributed by atoms with Crippen molar-refractivity contribution >= 4 is 0 Å². The third kappa shape index (κ3) is 4.30. The SMILES string of the molecule is CCNC(CN1CC(C)OC(C)C1)c1ccc(C)cc1. The molecule has 1 heterocycles. The summed E-state index contributed by atoms with van der Waals surface area (Å²) < 4.78 is 5.82. The number of nitrogens with one attached hydrogen (secondary N) is 1. The molecule has 3 atom stereocenters. The van der Waals surface area contributed by atoms with E-state index in [0.717, 1.165) is 26.2 Å². The maximum atomic E-state index is 5.82. The molecule has 0 radical (unpaired) electrons. The Morgan fingerprint density at radius 2 is 1.80 bits per heavy atom. The molecule has 1 fully saturated rings. The summed E-state index contributed by atoms with van der Waals surface area (Å²) >= 11 is 0. The summed E-state index contributed by atoms with van der Waals surface area (Å²) in [5.41, 5.74) is 2.70. The molecule has 1 aromatic carbocycles. The fourth-order valence-corrected chi connectivity index (χ4v) is 3.02. The van der Waals surface area contributed by atoms with Crippen LogP contribution in [0.4, 0.5) is 0 Å². The van der Waals surface area contributed by atoms with E-state index in [-0.39, 0.29) is 0 Å². The highest BCUT2D eigenvalue weighted by atomic mass is 16.5. The molecule has 0 bridgehead atoms. The fraction of sp³-hybridized carbons (Fsp3) is 0.647. The van der Waals surface area contributed by atoms with Gasteiger partial charge < -0.3 is 10.1 Å². The van der Waals surface area contributed by atoms with Crippen LogP contribution in [0.25, 0.3) is 0 Å². The smallest absolute Gasteiger partial charge is 0.0678 e. The van der Waals surface area contributed by atoms with Crippen molar-refractivity contribution in [3.8, 4) is 0 Å². The Labute approximate surface area is 123 Å². The Bertz CT molecular complexity index is 394. The molecule has 112 valence electrons. The van der Waals surface area contributed by atoms with Crippen LogP contribution in [0.3, 0.4) is 0 Å². The van der Waals surface area contributed by atoms with Crippen molar-refractivity contribution < 1.29 is 4.74 Å². The lowest BCUT2D eigenvalue weighted by molar-refractivity contribution is -0.0699. The number of hydrogen-bond acceptors (Lipinski definition) is 3. The van der Waals surface area contributed by atoms with Crippen LogP contribution in [0.15, 0.2) is 24.3 Å². The molecule has 1 aliphatic rings. The normalized spacial score (nSPS) is 25.6. The molecule has 1 N–H and O–H groups in total. The van der Waals surface area contributed by atoms with Crippen molar-refractivity contribution in [1.82, 2.24) is 10.2 Å².